The lowest BCUT2D eigenvalue weighted by Gasteiger charge is -2.28. The number of hydrogen-bond donors (Lipinski definition) is 2. The molecule has 3 heterocycles. The van der Waals surface area contributed by atoms with Crippen LogP contribution in [-0.2, 0) is 4.74 Å². The summed E-state index contributed by atoms with van der Waals surface area (Å²) in [5.41, 5.74) is 0.483. The number of amides is 1. The predicted molar refractivity (Wildman–Crippen MR) is 102 cm³/mol. The zero-order valence-corrected chi connectivity index (χ0v) is 16.2. The third-order valence-electron chi connectivity index (χ3n) is 4.46. The number of hydrogen-bond acceptors (Lipinski definition) is 7. The van der Waals surface area contributed by atoms with Crippen LogP contribution < -0.4 is 20.4 Å². The highest BCUT2D eigenvalue weighted by molar-refractivity contribution is 5.68. The Labute approximate surface area is 155 Å². The van der Waals surface area contributed by atoms with E-state index in [0.717, 1.165) is 63.1 Å². The fraction of sp³-hybridized carbons (Fsp3) is 0.722. The summed E-state index contributed by atoms with van der Waals surface area (Å²) in [5.74, 6) is 1.73. The summed E-state index contributed by atoms with van der Waals surface area (Å²) in [7, 11) is 0. The lowest BCUT2D eigenvalue weighted by atomic mass is 10.2. The molecule has 8 heteroatoms. The first-order valence-corrected chi connectivity index (χ1v) is 9.36. The minimum absolute atomic E-state index is 0.0720. The van der Waals surface area contributed by atoms with Crippen molar-refractivity contribution in [3.8, 4) is 0 Å². The molecular formula is C18H30N6O2. The first kappa shape index (κ1) is 18.7. The van der Waals surface area contributed by atoms with Gasteiger partial charge in [0.2, 0.25) is 5.95 Å². The van der Waals surface area contributed by atoms with Crippen LogP contribution in [0.2, 0.25) is 0 Å². The maximum Gasteiger partial charge on any atom is 0.407 e. The number of rotatable bonds is 3. The molecule has 1 amide bonds. The van der Waals surface area contributed by atoms with Crippen LogP contribution in [-0.4, -0.2) is 67.0 Å². The summed E-state index contributed by atoms with van der Waals surface area (Å²) < 4.78 is 5.35. The molecule has 144 valence electrons. The molecule has 1 atom stereocenters. The fourth-order valence-electron chi connectivity index (χ4n) is 3.27. The van der Waals surface area contributed by atoms with E-state index in [0.29, 0.717) is 0 Å². The average molecular weight is 362 g/mol. The first-order chi connectivity index (χ1) is 12.3. The molecule has 0 saturated carbocycles. The van der Waals surface area contributed by atoms with Crippen molar-refractivity contribution in [2.24, 2.45) is 0 Å². The van der Waals surface area contributed by atoms with Gasteiger partial charge in [-0.2, -0.15) is 4.98 Å². The summed E-state index contributed by atoms with van der Waals surface area (Å²) in [6, 6.07) is 2.09. The molecule has 8 nitrogen and oxygen atoms in total. The maximum absolute atomic E-state index is 12.0. The van der Waals surface area contributed by atoms with E-state index in [9.17, 15) is 4.79 Å². The van der Waals surface area contributed by atoms with Crippen LogP contribution >= 0.6 is 0 Å². The van der Waals surface area contributed by atoms with Crippen LogP contribution in [0, 0.1) is 6.92 Å². The Morgan fingerprint density at radius 3 is 2.65 bits per heavy atom. The summed E-state index contributed by atoms with van der Waals surface area (Å²) in [6.07, 6.45) is 0.523. The first-order valence-electron chi connectivity index (χ1n) is 9.36. The molecule has 0 spiro atoms. The molecule has 2 fully saturated rings. The van der Waals surface area contributed by atoms with Gasteiger partial charge in [0.15, 0.2) is 0 Å². The van der Waals surface area contributed by atoms with E-state index in [1.54, 1.807) is 0 Å². The number of aromatic nitrogens is 2. The van der Waals surface area contributed by atoms with E-state index in [1.807, 2.05) is 33.8 Å². The van der Waals surface area contributed by atoms with Crippen LogP contribution in [0.4, 0.5) is 16.6 Å². The summed E-state index contributed by atoms with van der Waals surface area (Å²) in [6.45, 7) is 13.0. The SMILES string of the molecule is Cc1cc(N2CC[C@@H](NC(=O)OC(C)(C)C)C2)nc(N2CCNCC2)n1. The summed E-state index contributed by atoms with van der Waals surface area (Å²) in [5, 5.41) is 6.31. The van der Waals surface area contributed by atoms with Crippen LogP contribution in [0.15, 0.2) is 6.07 Å². The van der Waals surface area contributed by atoms with Crippen molar-refractivity contribution in [3.63, 3.8) is 0 Å². The molecule has 1 aromatic rings. The maximum atomic E-state index is 12.0. The Morgan fingerprint density at radius 2 is 1.96 bits per heavy atom. The minimum atomic E-state index is -0.482. The molecule has 0 radical (unpaired) electrons. The van der Waals surface area contributed by atoms with Gasteiger partial charge in [0.1, 0.15) is 11.4 Å². The smallest absolute Gasteiger partial charge is 0.407 e. The molecule has 1 aromatic heterocycles. The number of piperazine rings is 1. The molecule has 2 saturated heterocycles. The highest BCUT2D eigenvalue weighted by Gasteiger charge is 2.27. The lowest BCUT2D eigenvalue weighted by Crippen LogP contribution is -2.44. The van der Waals surface area contributed by atoms with Gasteiger partial charge in [-0.1, -0.05) is 0 Å². The Bertz CT molecular complexity index is 639. The number of nitrogens with zero attached hydrogens (tertiary/aromatic N) is 4. The Balaban J connectivity index is 1.63. The lowest BCUT2D eigenvalue weighted by molar-refractivity contribution is 0.0509. The van der Waals surface area contributed by atoms with Gasteiger partial charge < -0.3 is 25.2 Å². The Hall–Kier alpha value is -2.09. The number of ether oxygens (including phenoxy) is 1. The molecule has 2 aliphatic heterocycles. The Morgan fingerprint density at radius 1 is 1.23 bits per heavy atom. The molecule has 2 N–H and O–H groups in total. The van der Waals surface area contributed by atoms with Crippen LogP contribution in [0.5, 0.6) is 0 Å². The van der Waals surface area contributed by atoms with E-state index >= 15 is 0 Å². The van der Waals surface area contributed by atoms with Crippen molar-refractivity contribution in [1.29, 1.82) is 0 Å². The number of nitrogens with one attached hydrogen (secondary N) is 2. The standard InChI is InChI=1S/C18H30N6O2/c1-13-11-15(22-16(20-13)23-9-6-19-7-10-23)24-8-5-14(12-24)21-17(25)26-18(2,3)4/h11,14,19H,5-10,12H2,1-4H3,(H,21,25)/t14-/m1/s1. The largest absolute Gasteiger partial charge is 0.444 e. The number of aryl methyl sites for hydroxylation is 1. The van der Waals surface area contributed by atoms with Crippen LogP contribution in [0.1, 0.15) is 32.9 Å². The molecule has 0 aliphatic carbocycles. The second-order valence-corrected chi connectivity index (χ2v) is 7.98. The number of carbonyl (C=O) groups excluding carboxylic acids is 1. The third-order valence-corrected chi connectivity index (χ3v) is 4.46. The van der Waals surface area contributed by atoms with Gasteiger partial charge >= 0.3 is 6.09 Å². The van der Waals surface area contributed by atoms with E-state index in [4.69, 9.17) is 9.72 Å². The molecule has 0 aromatic carbocycles. The molecular weight excluding hydrogens is 332 g/mol. The van der Waals surface area contributed by atoms with Gasteiger partial charge in [-0.3, -0.25) is 0 Å². The monoisotopic (exact) mass is 362 g/mol. The van der Waals surface area contributed by atoms with Crippen molar-refractivity contribution in [3.05, 3.63) is 11.8 Å². The molecule has 2 aliphatic rings. The van der Waals surface area contributed by atoms with Gasteiger partial charge in [-0.15, -0.1) is 0 Å². The second kappa shape index (κ2) is 7.65. The number of carbonyl (C=O) groups is 1. The van der Waals surface area contributed by atoms with Crippen molar-refractivity contribution >= 4 is 17.9 Å². The van der Waals surface area contributed by atoms with Crippen LogP contribution in [0.25, 0.3) is 0 Å². The second-order valence-electron chi connectivity index (χ2n) is 7.98. The van der Waals surface area contributed by atoms with E-state index < -0.39 is 5.60 Å². The topological polar surface area (TPSA) is 82.6 Å². The highest BCUT2D eigenvalue weighted by Crippen LogP contribution is 2.22. The third kappa shape index (κ3) is 4.97. The van der Waals surface area contributed by atoms with E-state index in [2.05, 4.69) is 25.4 Å². The average Bonchev–Trinajstić information content (AvgIpc) is 3.01. The van der Waals surface area contributed by atoms with E-state index in [-0.39, 0.29) is 12.1 Å². The normalized spacial score (nSPS) is 21.0. The van der Waals surface area contributed by atoms with Crippen molar-refractivity contribution in [2.75, 3.05) is 49.1 Å². The van der Waals surface area contributed by atoms with Crippen molar-refractivity contribution in [2.45, 2.75) is 45.8 Å². The number of alkyl carbamates (subject to hydrolysis) is 1. The van der Waals surface area contributed by atoms with Crippen molar-refractivity contribution in [1.82, 2.24) is 20.6 Å². The number of anilines is 2. The van der Waals surface area contributed by atoms with Gasteiger partial charge in [-0.25, -0.2) is 9.78 Å². The highest BCUT2D eigenvalue weighted by atomic mass is 16.6. The van der Waals surface area contributed by atoms with E-state index in [1.165, 1.54) is 0 Å². The predicted octanol–water partition coefficient (Wildman–Crippen LogP) is 1.30. The molecule has 26 heavy (non-hydrogen) atoms. The van der Waals surface area contributed by atoms with Gasteiger partial charge in [-0.05, 0) is 34.1 Å². The van der Waals surface area contributed by atoms with Gasteiger partial charge in [0.05, 0.1) is 6.04 Å². The molecule has 0 unspecified atom stereocenters. The minimum Gasteiger partial charge on any atom is -0.444 e. The van der Waals surface area contributed by atoms with Crippen LogP contribution in [0.3, 0.4) is 0 Å². The zero-order chi connectivity index (χ0) is 18.7. The molecule has 0 bridgehead atoms. The summed E-state index contributed by atoms with van der Waals surface area (Å²) >= 11 is 0. The van der Waals surface area contributed by atoms with Gasteiger partial charge in [0.25, 0.3) is 0 Å². The van der Waals surface area contributed by atoms with Gasteiger partial charge in [0, 0.05) is 51.0 Å². The molecule has 3 rings (SSSR count). The zero-order valence-electron chi connectivity index (χ0n) is 16.2. The van der Waals surface area contributed by atoms with Crippen molar-refractivity contribution < 1.29 is 9.53 Å². The quantitative estimate of drug-likeness (QED) is 0.838. The Kier molecular flexibility index (Phi) is 5.50. The fourth-order valence-corrected chi connectivity index (χ4v) is 3.27. The summed E-state index contributed by atoms with van der Waals surface area (Å²) in [4.78, 5) is 25.8.